The van der Waals surface area contributed by atoms with Gasteiger partial charge in [-0.3, -0.25) is 4.79 Å². The van der Waals surface area contributed by atoms with Gasteiger partial charge in [0.05, 0.1) is 6.54 Å². The van der Waals surface area contributed by atoms with E-state index in [1.807, 2.05) is 52.2 Å². The van der Waals surface area contributed by atoms with Crippen molar-refractivity contribution in [3.8, 4) is 0 Å². The molecule has 1 rings (SSSR count). The van der Waals surface area contributed by atoms with Crippen LogP contribution in [0.5, 0.6) is 0 Å². The van der Waals surface area contributed by atoms with Crippen LogP contribution in [0.4, 0.5) is 5.69 Å². The Morgan fingerprint density at radius 1 is 1.28 bits per heavy atom. The molecule has 0 aliphatic rings. The summed E-state index contributed by atoms with van der Waals surface area (Å²) in [5.74, 6) is -0.00472. The summed E-state index contributed by atoms with van der Waals surface area (Å²) in [4.78, 5) is 13.8. The molecule has 4 heteroatoms. The van der Waals surface area contributed by atoms with Gasteiger partial charge in [-0.1, -0.05) is 32.0 Å². The average molecular weight is 249 g/mol. The lowest BCUT2D eigenvalue weighted by atomic mass is 10.1. The second-order valence-electron chi connectivity index (χ2n) is 4.98. The second-order valence-corrected chi connectivity index (χ2v) is 4.98. The number of nitrogens with one attached hydrogen (secondary N) is 2. The number of anilines is 1. The Labute approximate surface area is 109 Å². The van der Waals surface area contributed by atoms with E-state index < -0.39 is 0 Å². The van der Waals surface area contributed by atoms with Crippen LogP contribution in [0.25, 0.3) is 0 Å². The molecule has 0 radical (unpaired) electrons. The van der Waals surface area contributed by atoms with Gasteiger partial charge in [0.25, 0.3) is 0 Å². The molecule has 0 saturated carbocycles. The molecule has 0 bridgehead atoms. The van der Waals surface area contributed by atoms with Crippen molar-refractivity contribution in [3.63, 3.8) is 0 Å². The predicted molar refractivity (Wildman–Crippen MR) is 75.6 cm³/mol. The molecule has 0 atom stereocenters. The summed E-state index contributed by atoms with van der Waals surface area (Å²) in [5.41, 5.74) is 2.02. The molecule has 0 heterocycles. The van der Waals surface area contributed by atoms with E-state index in [-0.39, 0.29) is 5.91 Å². The monoisotopic (exact) mass is 249 g/mol. The zero-order valence-corrected chi connectivity index (χ0v) is 11.7. The first-order valence-electron chi connectivity index (χ1n) is 6.25. The molecule has 2 N–H and O–H groups in total. The highest BCUT2D eigenvalue weighted by molar-refractivity contribution is 5.92. The van der Waals surface area contributed by atoms with Crippen molar-refractivity contribution in [2.75, 3.05) is 26.0 Å². The van der Waals surface area contributed by atoms with Crippen molar-refractivity contribution in [3.05, 3.63) is 29.8 Å². The highest BCUT2D eigenvalue weighted by Crippen LogP contribution is 2.15. The zero-order valence-electron chi connectivity index (χ0n) is 11.7. The smallest absolute Gasteiger partial charge is 0.238 e. The van der Waals surface area contributed by atoms with E-state index in [1.54, 1.807) is 0 Å². The Morgan fingerprint density at radius 2 is 1.94 bits per heavy atom. The SMILES string of the molecule is CC(C)NCC(=O)Nc1ccccc1CN(C)C. The summed E-state index contributed by atoms with van der Waals surface area (Å²) < 4.78 is 0. The second kappa shape index (κ2) is 7.13. The predicted octanol–water partition coefficient (Wildman–Crippen LogP) is 1.68. The van der Waals surface area contributed by atoms with Crippen molar-refractivity contribution >= 4 is 11.6 Å². The van der Waals surface area contributed by atoms with Crippen LogP contribution in [0.15, 0.2) is 24.3 Å². The minimum atomic E-state index is -0.00472. The van der Waals surface area contributed by atoms with E-state index in [4.69, 9.17) is 0 Å². The fraction of sp³-hybridized carbons (Fsp3) is 0.500. The van der Waals surface area contributed by atoms with Crippen LogP contribution in [0.3, 0.4) is 0 Å². The summed E-state index contributed by atoms with van der Waals surface area (Å²) in [7, 11) is 4.03. The maximum atomic E-state index is 11.8. The fourth-order valence-electron chi connectivity index (χ4n) is 1.61. The maximum absolute atomic E-state index is 11.8. The largest absolute Gasteiger partial charge is 0.325 e. The number of carbonyl (C=O) groups excluding carboxylic acids is 1. The Hall–Kier alpha value is -1.39. The third-order valence-electron chi connectivity index (χ3n) is 2.45. The lowest BCUT2D eigenvalue weighted by Crippen LogP contribution is -2.32. The highest BCUT2D eigenvalue weighted by atomic mass is 16.1. The van der Waals surface area contributed by atoms with Crippen molar-refractivity contribution in [2.24, 2.45) is 0 Å². The maximum Gasteiger partial charge on any atom is 0.238 e. The first kappa shape index (κ1) is 14.7. The van der Waals surface area contributed by atoms with E-state index in [2.05, 4.69) is 15.5 Å². The van der Waals surface area contributed by atoms with Crippen LogP contribution >= 0.6 is 0 Å². The summed E-state index contributed by atoms with van der Waals surface area (Å²) in [6.45, 7) is 5.20. The van der Waals surface area contributed by atoms with Gasteiger partial charge in [0.2, 0.25) is 5.91 Å². The van der Waals surface area contributed by atoms with E-state index in [9.17, 15) is 4.79 Å². The molecule has 0 aliphatic carbocycles. The molecule has 0 spiro atoms. The first-order valence-corrected chi connectivity index (χ1v) is 6.25. The van der Waals surface area contributed by atoms with Gasteiger partial charge in [0.1, 0.15) is 0 Å². The number of hydrogen-bond donors (Lipinski definition) is 2. The van der Waals surface area contributed by atoms with Gasteiger partial charge >= 0.3 is 0 Å². The van der Waals surface area contributed by atoms with Gasteiger partial charge in [-0.25, -0.2) is 0 Å². The zero-order chi connectivity index (χ0) is 13.5. The van der Waals surface area contributed by atoms with E-state index in [0.717, 1.165) is 17.8 Å². The lowest BCUT2D eigenvalue weighted by molar-refractivity contribution is -0.115. The van der Waals surface area contributed by atoms with Crippen LogP contribution in [0.1, 0.15) is 19.4 Å². The molecule has 1 amide bonds. The molecule has 0 aromatic heterocycles. The Morgan fingerprint density at radius 3 is 2.56 bits per heavy atom. The molecule has 1 aromatic rings. The minimum Gasteiger partial charge on any atom is -0.325 e. The minimum absolute atomic E-state index is 0.00472. The third-order valence-corrected chi connectivity index (χ3v) is 2.45. The van der Waals surface area contributed by atoms with Gasteiger partial charge in [-0.15, -0.1) is 0 Å². The molecule has 18 heavy (non-hydrogen) atoms. The number of rotatable bonds is 6. The molecule has 0 unspecified atom stereocenters. The first-order chi connectivity index (χ1) is 8.49. The number of carbonyl (C=O) groups is 1. The van der Waals surface area contributed by atoms with Crippen molar-refractivity contribution in [2.45, 2.75) is 26.4 Å². The van der Waals surface area contributed by atoms with Crippen LogP contribution in [-0.2, 0) is 11.3 Å². The van der Waals surface area contributed by atoms with E-state index >= 15 is 0 Å². The van der Waals surface area contributed by atoms with E-state index in [1.165, 1.54) is 0 Å². The fourth-order valence-corrected chi connectivity index (χ4v) is 1.61. The Balaban J connectivity index is 2.63. The Kier molecular flexibility index (Phi) is 5.82. The third kappa shape index (κ3) is 5.29. The normalized spacial score (nSPS) is 11.0. The van der Waals surface area contributed by atoms with Gasteiger partial charge in [0.15, 0.2) is 0 Å². The number of benzene rings is 1. The molecule has 0 saturated heterocycles. The number of nitrogens with zero attached hydrogens (tertiary/aromatic N) is 1. The number of amides is 1. The van der Waals surface area contributed by atoms with Crippen molar-refractivity contribution in [1.29, 1.82) is 0 Å². The molecule has 0 aliphatic heterocycles. The van der Waals surface area contributed by atoms with Crippen LogP contribution < -0.4 is 10.6 Å². The molecule has 4 nitrogen and oxygen atoms in total. The summed E-state index contributed by atoms with van der Waals surface area (Å²) in [6.07, 6.45) is 0. The summed E-state index contributed by atoms with van der Waals surface area (Å²) in [5, 5.41) is 6.05. The molecule has 1 aromatic carbocycles. The number of para-hydroxylation sites is 1. The molecule has 100 valence electrons. The summed E-state index contributed by atoms with van der Waals surface area (Å²) in [6, 6.07) is 8.20. The van der Waals surface area contributed by atoms with Gasteiger partial charge in [-0.2, -0.15) is 0 Å². The van der Waals surface area contributed by atoms with Gasteiger partial charge in [-0.05, 0) is 25.7 Å². The quantitative estimate of drug-likeness (QED) is 0.806. The lowest BCUT2D eigenvalue weighted by Gasteiger charge is -2.15. The highest BCUT2D eigenvalue weighted by Gasteiger charge is 2.07. The average Bonchev–Trinajstić information content (AvgIpc) is 2.28. The van der Waals surface area contributed by atoms with Gasteiger partial charge < -0.3 is 15.5 Å². The molecule has 0 fully saturated rings. The van der Waals surface area contributed by atoms with Gasteiger partial charge in [0, 0.05) is 18.3 Å². The van der Waals surface area contributed by atoms with Crippen LogP contribution in [-0.4, -0.2) is 37.5 Å². The van der Waals surface area contributed by atoms with E-state index in [0.29, 0.717) is 12.6 Å². The standard InChI is InChI=1S/C14H23N3O/c1-11(2)15-9-14(18)16-13-8-6-5-7-12(13)10-17(3)4/h5-8,11,15H,9-10H2,1-4H3,(H,16,18). The molecular weight excluding hydrogens is 226 g/mol. The van der Waals surface area contributed by atoms with Crippen molar-refractivity contribution < 1.29 is 4.79 Å². The van der Waals surface area contributed by atoms with Crippen LogP contribution in [0.2, 0.25) is 0 Å². The van der Waals surface area contributed by atoms with Crippen molar-refractivity contribution in [1.82, 2.24) is 10.2 Å². The number of hydrogen-bond acceptors (Lipinski definition) is 3. The summed E-state index contributed by atoms with van der Waals surface area (Å²) >= 11 is 0. The molecular formula is C14H23N3O. The topological polar surface area (TPSA) is 44.4 Å². The Bertz CT molecular complexity index is 388. The van der Waals surface area contributed by atoms with Crippen LogP contribution in [0, 0.1) is 0 Å².